The third kappa shape index (κ3) is 3.23. The third-order valence-corrected chi connectivity index (χ3v) is 4.27. The van der Waals surface area contributed by atoms with Gasteiger partial charge in [-0.3, -0.25) is 9.69 Å². The first-order valence-electron chi connectivity index (χ1n) is 7.23. The van der Waals surface area contributed by atoms with Crippen molar-refractivity contribution >= 4 is 5.97 Å². The summed E-state index contributed by atoms with van der Waals surface area (Å²) in [5.41, 5.74) is -0.561. The number of unbranched alkanes of at least 4 members (excludes halogenated alkanes) is 1. The minimum absolute atomic E-state index is 0.561. The summed E-state index contributed by atoms with van der Waals surface area (Å²) < 4.78 is 5.33. The van der Waals surface area contributed by atoms with Crippen molar-refractivity contribution in [3.63, 3.8) is 0 Å². The molecular formula is C14H25NO3. The first kappa shape index (κ1) is 13.8. The first-order chi connectivity index (χ1) is 8.68. The molecule has 1 aliphatic heterocycles. The summed E-state index contributed by atoms with van der Waals surface area (Å²) in [5.74, 6) is -0.632. The number of rotatable bonds is 7. The fourth-order valence-corrected chi connectivity index (χ4v) is 2.78. The minimum atomic E-state index is -0.632. The highest BCUT2D eigenvalue weighted by Gasteiger charge is 2.44. The average molecular weight is 255 g/mol. The summed E-state index contributed by atoms with van der Waals surface area (Å²) in [6.45, 7) is 5.15. The summed E-state index contributed by atoms with van der Waals surface area (Å²) in [6.07, 6.45) is 6.16. The molecule has 0 aromatic heterocycles. The number of carboxylic acid groups (broad SMARTS) is 1. The molecule has 0 radical (unpaired) electrons. The summed E-state index contributed by atoms with van der Waals surface area (Å²) in [6, 6.07) is 0.649. The van der Waals surface area contributed by atoms with Crippen molar-refractivity contribution in [2.24, 2.45) is 5.41 Å². The van der Waals surface area contributed by atoms with Crippen molar-refractivity contribution in [2.75, 3.05) is 26.3 Å². The Hall–Kier alpha value is -0.610. The van der Waals surface area contributed by atoms with Gasteiger partial charge in [0.1, 0.15) is 0 Å². The Bertz CT molecular complexity index is 283. The molecule has 1 saturated carbocycles. The van der Waals surface area contributed by atoms with Gasteiger partial charge in [0.05, 0.1) is 5.41 Å². The van der Waals surface area contributed by atoms with E-state index in [2.05, 4.69) is 11.8 Å². The molecule has 1 aliphatic carbocycles. The van der Waals surface area contributed by atoms with Crippen molar-refractivity contribution in [2.45, 2.75) is 51.5 Å². The maximum absolute atomic E-state index is 11.6. The lowest BCUT2D eigenvalue weighted by molar-refractivity contribution is -0.156. The normalized spacial score (nSPS) is 23.2. The molecule has 2 aliphatic rings. The number of hydrogen-bond donors (Lipinski definition) is 1. The van der Waals surface area contributed by atoms with E-state index in [1.165, 1.54) is 25.7 Å². The second kappa shape index (κ2) is 6.02. The molecule has 4 nitrogen and oxygen atoms in total. The maximum Gasteiger partial charge on any atom is 0.311 e. The van der Waals surface area contributed by atoms with E-state index in [4.69, 9.17) is 4.74 Å². The fourth-order valence-electron chi connectivity index (χ4n) is 2.78. The minimum Gasteiger partial charge on any atom is -0.481 e. The molecule has 18 heavy (non-hydrogen) atoms. The molecule has 1 heterocycles. The zero-order chi connectivity index (χ0) is 13.0. The van der Waals surface area contributed by atoms with Crippen LogP contribution in [0.3, 0.4) is 0 Å². The molecule has 0 aromatic rings. The third-order valence-electron chi connectivity index (χ3n) is 4.27. The number of nitrogens with zero attached hydrogens (tertiary/aromatic N) is 1. The SMILES string of the molecule is CCCCN(CC1(C(=O)O)CCOCC1)C1CC1. The Labute approximate surface area is 109 Å². The molecule has 1 saturated heterocycles. The molecule has 0 aromatic carbocycles. The number of ether oxygens (including phenoxy) is 1. The summed E-state index contributed by atoms with van der Waals surface area (Å²) >= 11 is 0. The van der Waals surface area contributed by atoms with Crippen LogP contribution < -0.4 is 0 Å². The largest absolute Gasteiger partial charge is 0.481 e. The average Bonchev–Trinajstić information content (AvgIpc) is 3.19. The highest BCUT2D eigenvalue weighted by molar-refractivity contribution is 5.75. The number of carboxylic acids is 1. The van der Waals surface area contributed by atoms with Gasteiger partial charge in [-0.1, -0.05) is 13.3 Å². The number of carbonyl (C=O) groups is 1. The molecule has 2 fully saturated rings. The van der Waals surface area contributed by atoms with Crippen LogP contribution >= 0.6 is 0 Å². The van der Waals surface area contributed by atoms with Crippen LogP contribution in [0.2, 0.25) is 0 Å². The van der Waals surface area contributed by atoms with Crippen LogP contribution in [-0.4, -0.2) is 48.3 Å². The molecule has 4 heteroatoms. The molecule has 2 rings (SSSR count). The lowest BCUT2D eigenvalue weighted by Gasteiger charge is -2.37. The Morgan fingerprint density at radius 2 is 2.06 bits per heavy atom. The lowest BCUT2D eigenvalue weighted by Crippen LogP contribution is -2.47. The maximum atomic E-state index is 11.6. The lowest BCUT2D eigenvalue weighted by atomic mass is 9.79. The monoisotopic (exact) mass is 255 g/mol. The van der Waals surface area contributed by atoms with Gasteiger partial charge in [0.2, 0.25) is 0 Å². The van der Waals surface area contributed by atoms with Gasteiger partial charge >= 0.3 is 5.97 Å². The Morgan fingerprint density at radius 3 is 2.56 bits per heavy atom. The van der Waals surface area contributed by atoms with Crippen molar-refractivity contribution in [1.29, 1.82) is 0 Å². The zero-order valence-corrected chi connectivity index (χ0v) is 11.4. The van der Waals surface area contributed by atoms with Crippen molar-refractivity contribution < 1.29 is 14.6 Å². The van der Waals surface area contributed by atoms with Gasteiger partial charge in [0, 0.05) is 25.8 Å². The fraction of sp³-hybridized carbons (Fsp3) is 0.929. The smallest absolute Gasteiger partial charge is 0.311 e. The van der Waals surface area contributed by atoms with E-state index >= 15 is 0 Å². The van der Waals surface area contributed by atoms with Gasteiger partial charge in [0.25, 0.3) is 0 Å². The second-order valence-corrected chi connectivity index (χ2v) is 5.75. The summed E-state index contributed by atoms with van der Waals surface area (Å²) in [4.78, 5) is 14.1. The molecule has 0 spiro atoms. The van der Waals surface area contributed by atoms with E-state index in [-0.39, 0.29) is 0 Å². The van der Waals surface area contributed by atoms with E-state index < -0.39 is 11.4 Å². The van der Waals surface area contributed by atoms with Gasteiger partial charge in [-0.05, 0) is 38.6 Å². The molecule has 104 valence electrons. The van der Waals surface area contributed by atoms with Gasteiger partial charge in [-0.25, -0.2) is 0 Å². The van der Waals surface area contributed by atoms with Crippen LogP contribution in [0.25, 0.3) is 0 Å². The van der Waals surface area contributed by atoms with Crippen molar-refractivity contribution in [3.8, 4) is 0 Å². The zero-order valence-electron chi connectivity index (χ0n) is 11.4. The van der Waals surface area contributed by atoms with Crippen LogP contribution in [0, 0.1) is 5.41 Å². The predicted octanol–water partition coefficient (Wildman–Crippen LogP) is 2.13. The molecule has 0 amide bonds. The molecule has 0 atom stereocenters. The Morgan fingerprint density at radius 1 is 1.39 bits per heavy atom. The molecule has 0 bridgehead atoms. The highest BCUT2D eigenvalue weighted by atomic mass is 16.5. The summed E-state index contributed by atoms with van der Waals surface area (Å²) in [7, 11) is 0. The van der Waals surface area contributed by atoms with Gasteiger partial charge < -0.3 is 9.84 Å². The quantitative estimate of drug-likeness (QED) is 0.757. The van der Waals surface area contributed by atoms with Crippen LogP contribution in [-0.2, 0) is 9.53 Å². The van der Waals surface area contributed by atoms with E-state index in [1.54, 1.807) is 0 Å². The van der Waals surface area contributed by atoms with Crippen LogP contribution in [0.4, 0.5) is 0 Å². The van der Waals surface area contributed by atoms with Crippen LogP contribution in [0.5, 0.6) is 0 Å². The Balaban J connectivity index is 1.98. The van der Waals surface area contributed by atoms with Gasteiger partial charge in [0.15, 0.2) is 0 Å². The summed E-state index contributed by atoms with van der Waals surface area (Å²) in [5, 5.41) is 9.58. The topological polar surface area (TPSA) is 49.8 Å². The van der Waals surface area contributed by atoms with Crippen molar-refractivity contribution in [1.82, 2.24) is 4.90 Å². The van der Waals surface area contributed by atoms with E-state index in [0.29, 0.717) is 32.1 Å². The molecule has 1 N–H and O–H groups in total. The van der Waals surface area contributed by atoms with E-state index in [9.17, 15) is 9.90 Å². The van der Waals surface area contributed by atoms with Crippen LogP contribution in [0.15, 0.2) is 0 Å². The molecule has 0 unspecified atom stereocenters. The van der Waals surface area contributed by atoms with Gasteiger partial charge in [-0.2, -0.15) is 0 Å². The Kier molecular flexibility index (Phi) is 4.62. The second-order valence-electron chi connectivity index (χ2n) is 5.75. The van der Waals surface area contributed by atoms with E-state index in [0.717, 1.165) is 13.1 Å². The number of hydrogen-bond acceptors (Lipinski definition) is 3. The molecular weight excluding hydrogens is 230 g/mol. The predicted molar refractivity (Wildman–Crippen MR) is 69.6 cm³/mol. The van der Waals surface area contributed by atoms with Crippen LogP contribution in [0.1, 0.15) is 45.4 Å². The van der Waals surface area contributed by atoms with Crippen molar-refractivity contribution in [3.05, 3.63) is 0 Å². The highest BCUT2D eigenvalue weighted by Crippen LogP contribution is 2.36. The number of aliphatic carboxylic acids is 1. The first-order valence-corrected chi connectivity index (χ1v) is 7.23. The van der Waals surface area contributed by atoms with E-state index in [1.807, 2.05) is 0 Å². The standard InChI is InChI=1S/C14H25NO3/c1-2-3-8-15(12-4-5-12)11-14(13(16)17)6-9-18-10-7-14/h12H,2-11H2,1H3,(H,16,17). The van der Waals surface area contributed by atoms with Gasteiger partial charge in [-0.15, -0.1) is 0 Å².